The van der Waals surface area contributed by atoms with Crippen LogP contribution in [0.15, 0.2) is 24.3 Å². The molecule has 7 nitrogen and oxygen atoms in total. The normalized spacial score (nSPS) is 15.3. The number of anilines is 1. The van der Waals surface area contributed by atoms with Gasteiger partial charge < -0.3 is 14.5 Å². The van der Waals surface area contributed by atoms with E-state index < -0.39 is 10.0 Å². The monoisotopic (exact) mass is 397 g/mol. The molecule has 0 unspecified atom stereocenters. The summed E-state index contributed by atoms with van der Waals surface area (Å²) >= 11 is 0. The van der Waals surface area contributed by atoms with Crippen molar-refractivity contribution in [3.8, 4) is 5.75 Å². The second-order valence-corrected chi connectivity index (χ2v) is 8.81. The lowest BCUT2D eigenvalue weighted by molar-refractivity contribution is -0.131. The van der Waals surface area contributed by atoms with Gasteiger partial charge in [0.25, 0.3) is 0 Å². The maximum atomic E-state index is 12.5. The van der Waals surface area contributed by atoms with Gasteiger partial charge in [-0.1, -0.05) is 13.3 Å². The Kier molecular flexibility index (Phi) is 7.91. The number of hydrogen-bond acceptors (Lipinski definition) is 5. The van der Waals surface area contributed by atoms with Crippen LogP contribution in [0.4, 0.5) is 5.69 Å². The minimum atomic E-state index is -3.27. The van der Waals surface area contributed by atoms with Crippen molar-refractivity contribution >= 4 is 21.6 Å². The Morgan fingerprint density at radius 1 is 1.11 bits per heavy atom. The molecule has 152 valence electrons. The highest BCUT2D eigenvalue weighted by Gasteiger charge is 2.23. The number of unbranched alkanes of at least 4 members (excludes halogenated alkanes) is 1. The van der Waals surface area contributed by atoms with Crippen LogP contribution in [0, 0.1) is 0 Å². The third-order valence-electron chi connectivity index (χ3n) is 4.88. The number of piperazine rings is 1. The molecule has 1 amide bonds. The molecule has 1 aromatic carbocycles. The summed E-state index contributed by atoms with van der Waals surface area (Å²) in [7, 11) is -1.62. The van der Waals surface area contributed by atoms with E-state index in [9.17, 15) is 13.2 Å². The van der Waals surface area contributed by atoms with E-state index in [4.69, 9.17) is 4.74 Å². The van der Waals surface area contributed by atoms with Crippen LogP contribution in [-0.2, 0) is 14.8 Å². The van der Waals surface area contributed by atoms with Crippen molar-refractivity contribution in [2.75, 3.05) is 57.5 Å². The lowest BCUT2D eigenvalue weighted by Gasteiger charge is -2.36. The fourth-order valence-electron chi connectivity index (χ4n) is 3.16. The van der Waals surface area contributed by atoms with Crippen molar-refractivity contribution in [2.24, 2.45) is 0 Å². The molecular formula is C19H31N3O4S. The molecule has 2 rings (SSSR count). The number of sulfonamides is 1. The fraction of sp³-hybridized carbons (Fsp3) is 0.632. The first kappa shape index (κ1) is 21.5. The Hall–Kier alpha value is -1.80. The van der Waals surface area contributed by atoms with Gasteiger partial charge >= 0.3 is 0 Å². The summed E-state index contributed by atoms with van der Waals surface area (Å²) in [6, 6.07) is 7.91. The van der Waals surface area contributed by atoms with Crippen LogP contribution < -0.4 is 9.64 Å². The molecule has 0 atom stereocenters. The van der Waals surface area contributed by atoms with Crippen molar-refractivity contribution < 1.29 is 17.9 Å². The highest BCUT2D eigenvalue weighted by Crippen LogP contribution is 2.20. The van der Waals surface area contributed by atoms with E-state index in [0.29, 0.717) is 19.6 Å². The lowest BCUT2D eigenvalue weighted by Crippen LogP contribution is -2.49. The van der Waals surface area contributed by atoms with Crippen molar-refractivity contribution in [2.45, 2.75) is 26.2 Å². The van der Waals surface area contributed by atoms with Gasteiger partial charge in [-0.05, 0) is 30.7 Å². The summed E-state index contributed by atoms with van der Waals surface area (Å²) in [6.07, 6.45) is 3.18. The fourth-order valence-corrected chi connectivity index (χ4v) is 4.05. The summed E-state index contributed by atoms with van der Waals surface area (Å²) in [5.74, 6) is 0.848. The van der Waals surface area contributed by atoms with Crippen LogP contribution in [0.1, 0.15) is 26.2 Å². The molecular weight excluding hydrogens is 366 g/mol. The van der Waals surface area contributed by atoms with E-state index in [2.05, 4.69) is 4.90 Å². The summed E-state index contributed by atoms with van der Waals surface area (Å²) < 4.78 is 30.3. The van der Waals surface area contributed by atoms with Crippen molar-refractivity contribution in [3.05, 3.63) is 24.3 Å². The zero-order chi connectivity index (χ0) is 19.9. The average molecular weight is 398 g/mol. The minimum Gasteiger partial charge on any atom is -0.497 e. The predicted octanol–water partition coefficient (Wildman–Crippen LogP) is 1.80. The Morgan fingerprint density at radius 2 is 1.74 bits per heavy atom. The second-order valence-electron chi connectivity index (χ2n) is 6.83. The van der Waals surface area contributed by atoms with Gasteiger partial charge in [0.05, 0.1) is 13.4 Å². The number of rotatable bonds is 9. The molecule has 1 aliphatic heterocycles. The number of benzene rings is 1. The molecule has 1 heterocycles. The van der Waals surface area contributed by atoms with E-state index in [1.807, 2.05) is 36.1 Å². The van der Waals surface area contributed by atoms with E-state index in [1.165, 1.54) is 10.6 Å². The zero-order valence-corrected chi connectivity index (χ0v) is 17.4. The third kappa shape index (κ3) is 6.39. The van der Waals surface area contributed by atoms with Crippen LogP contribution in [-0.4, -0.2) is 76.2 Å². The average Bonchev–Trinajstić information content (AvgIpc) is 2.67. The molecule has 8 heteroatoms. The molecule has 1 aliphatic rings. The summed E-state index contributed by atoms with van der Waals surface area (Å²) in [6.45, 7) is 5.60. The topological polar surface area (TPSA) is 70.2 Å². The summed E-state index contributed by atoms with van der Waals surface area (Å²) in [4.78, 5) is 16.6. The molecule has 0 bridgehead atoms. The Morgan fingerprint density at radius 3 is 2.26 bits per heavy atom. The number of carbonyl (C=O) groups is 1. The Balaban J connectivity index is 1.83. The smallest absolute Gasteiger partial charge is 0.224 e. The Labute approximate surface area is 162 Å². The van der Waals surface area contributed by atoms with E-state index in [-0.39, 0.29) is 18.9 Å². The van der Waals surface area contributed by atoms with Crippen LogP contribution in [0.2, 0.25) is 0 Å². The molecule has 0 N–H and O–H groups in total. The van der Waals surface area contributed by atoms with Crippen LogP contribution in [0.5, 0.6) is 5.75 Å². The number of nitrogens with zero attached hydrogens (tertiary/aromatic N) is 3. The first-order chi connectivity index (χ1) is 12.8. The molecule has 27 heavy (non-hydrogen) atoms. The van der Waals surface area contributed by atoms with E-state index in [1.54, 1.807) is 7.11 Å². The highest BCUT2D eigenvalue weighted by molar-refractivity contribution is 7.88. The van der Waals surface area contributed by atoms with Crippen molar-refractivity contribution in [1.29, 1.82) is 0 Å². The van der Waals surface area contributed by atoms with E-state index >= 15 is 0 Å². The predicted molar refractivity (Wildman–Crippen MR) is 108 cm³/mol. The molecule has 1 aromatic rings. The summed E-state index contributed by atoms with van der Waals surface area (Å²) in [5, 5.41) is 0. The van der Waals surface area contributed by atoms with Gasteiger partial charge in [0, 0.05) is 51.4 Å². The van der Waals surface area contributed by atoms with Crippen LogP contribution >= 0.6 is 0 Å². The van der Waals surface area contributed by atoms with Gasteiger partial charge in [0.15, 0.2) is 0 Å². The number of amides is 1. The molecule has 0 radical (unpaired) electrons. The largest absolute Gasteiger partial charge is 0.497 e. The molecule has 0 spiro atoms. The number of carbonyl (C=O) groups excluding carboxylic acids is 1. The molecule has 0 aliphatic carbocycles. The van der Waals surface area contributed by atoms with Gasteiger partial charge in [-0.25, -0.2) is 12.7 Å². The van der Waals surface area contributed by atoms with E-state index in [0.717, 1.165) is 37.4 Å². The Bertz CT molecular complexity index is 698. The number of hydrogen-bond donors (Lipinski definition) is 0. The molecule has 1 saturated heterocycles. The molecule has 0 saturated carbocycles. The summed E-state index contributed by atoms with van der Waals surface area (Å²) in [5.41, 5.74) is 1.12. The maximum Gasteiger partial charge on any atom is 0.224 e. The van der Waals surface area contributed by atoms with Gasteiger partial charge in [-0.2, -0.15) is 0 Å². The first-order valence-corrected chi connectivity index (χ1v) is 11.3. The molecule has 1 fully saturated rings. The third-order valence-corrected chi connectivity index (χ3v) is 6.18. The van der Waals surface area contributed by atoms with Gasteiger partial charge in [0.1, 0.15) is 5.75 Å². The second kappa shape index (κ2) is 9.94. The first-order valence-electron chi connectivity index (χ1n) is 9.47. The lowest BCUT2D eigenvalue weighted by atomic mass is 10.2. The van der Waals surface area contributed by atoms with Crippen molar-refractivity contribution in [3.63, 3.8) is 0 Å². The minimum absolute atomic E-state index is 0.0227. The van der Waals surface area contributed by atoms with Gasteiger partial charge in [-0.15, -0.1) is 0 Å². The van der Waals surface area contributed by atoms with Crippen molar-refractivity contribution in [1.82, 2.24) is 9.21 Å². The zero-order valence-electron chi connectivity index (χ0n) is 16.6. The van der Waals surface area contributed by atoms with Crippen LogP contribution in [0.25, 0.3) is 0 Å². The highest BCUT2D eigenvalue weighted by atomic mass is 32.2. The number of ether oxygens (including phenoxy) is 1. The number of methoxy groups -OCH3 is 1. The van der Waals surface area contributed by atoms with Crippen LogP contribution in [0.3, 0.4) is 0 Å². The van der Waals surface area contributed by atoms with Gasteiger partial charge in [0.2, 0.25) is 15.9 Å². The SMILES string of the molecule is CCCCN(CCC(=O)N1CCN(c2ccc(OC)cc2)CC1)S(C)(=O)=O. The molecule has 0 aromatic heterocycles. The quantitative estimate of drug-likeness (QED) is 0.635. The van der Waals surface area contributed by atoms with Gasteiger partial charge in [-0.3, -0.25) is 4.79 Å². The maximum absolute atomic E-state index is 12.5. The standard InChI is InChI=1S/C19H31N3O4S/c1-4-5-11-22(27(3,24)25)12-10-19(23)21-15-13-20(14-16-21)17-6-8-18(26-2)9-7-17/h6-9H,4-5,10-16H2,1-3H3.